The van der Waals surface area contributed by atoms with Crippen molar-refractivity contribution >= 4 is 5.97 Å². The third-order valence-electron chi connectivity index (χ3n) is 7.24. The van der Waals surface area contributed by atoms with Crippen LogP contribution in [0.15, 0.2) is 30.3 Å². The minimum atomic E-state index is -0.392. The molecule has 2 saturated heterocycles. The Morgan fingerprint density at radius 1 is 1.00 bits per heavy atom. The lowest BCUT2D eigenvalue weighted by Gasteiger charge is -2.50. The second kappa shape index (κ2) is 6.75. The van der Waals surface area contributed by atoms with E-state index in [0.29, 0.717) is 6.04 Å². The average Bonchev–Trinajstić information content (AvgIpc) is 3.13. The summed E-state index contributed by atoms with van der Waals surface area (Å²) >= 11 is 0. The molecule has 0 amide bonds. The lowest BCUT2D eigenvalue weighted by molar-refractivity contribution is -0.946. The summed E-state index contributed by atoms with van der Waals surface area (Å²) in [6.45, 7) is 2.51. The van der Waals surface area contributed by atoms with Gasteiger partial charge in [-0.2, -0.15) is 0 Å². The fourth-order valence-corrected chi connectivity index (χ4v) is 5.75. The number of rotatable bonds is 3. The van der Waals surface area contributed by atoms with Crippen LogP contribution < -0.4 is 0 Å². The molecule has 3 atom stereocenters. The van der Waals surface area contributed by atoms with Gasteiger partial charge in [0, 0.05) is 12.8 Å². The predicted molar refractivity (Wildman–Crippen MR) is 99.3 cm³/mol. The van der Waals surface area contributed by atoms with E-state index in [1.54, 1.807) is 0 Å². The fraction of sp³-hybridized carbons (Fsp3) is 0.682. The Bertz CT molecular complexity index is 604. The van der Waals surface area contributed by atoms with Crippen molar-refractivity contribution in [3.8, 4) is 0 Å². The van der Waals surface area contributed by atoms with E-state index in [9.17, 15) is 4.79 Å². The molecule has 0 N–H and O–H groups in total. The third kappa shape index (κ3) is 3.01. The second-order valence-corrected chi connectivity index (χ2v) is 8.73. The molecule has 0 bridgehead atoms. The predicted octanol–water partition coefficient (Wildman–Crippen LogP) is 4.20. The first-order chi connectivity index (χ1) is 12.1. The van der Waals surface area contributed by atoms with E-state index in [2.05, 4.69) is 31.3 Å². The van der Waals surface area contributed by atoms with Gasteiger partial charge in [-0.1, -0.05) is 43.2 Å². The first-order valence-electron chi connectivity index (χ1n) is 10.2. The van der Waals surface area contributed by atoms with E-state index in [-0.39, 0.29) is 12.1 Å². The standard InChI is InChI=1S/C22H32NO2/c1-23-16-8-5-12-19(23)20(13-9-17-23)25-21(24)22(14-6-7-15-22)18-10-3-2-4-11-18/h2-4,10-11,19-20H,5-9,12-17H2,1H3/q+1/t19-,20-,23-/m1/s1. The Kier molecular flexibility index (Phi) is 4.61. The number of esters is 1. The minimum Gasteiger partial charge on any atom is -0.455 e. The highest BCUT2D eigenvalue weighted by Gasteiger charge is 2.49. The van der Waals surface area contributed by atoms with Crippen molar-refractivity contribution in [2.24, 2.45) is 0 Å². The molecule has 25 heavy (non-hydrogen) atoms. The minimum absolute atomic E-state index is 0.0558. The number of hydrogen-bond acceptors (Lipinski definition) is 2. The topological polar surface area (TPSA) is 26.3 Å². The molecular weight excluding hydrogens is 310 g/mol. The first-order valence-corrected chi connectivity index (χ1v) is 10.2. The second-order valence-electron chi connectivity index (χ2n) is 8.73. The molecule has 4 rings (SSSR count). The zero-order chi connectivity index (χ0) is 17.3. The molecule has 1 aliphatic carbocycles. The van der Waals surface area contributed by atoms with Crippen LogP contribution in [0.5, 0.6) is 0 Å². The summed E-state index contributed by atoms with van der Waals surface area (Å²) in [5.74, 6) is 0.0558. The van der Waals surface area contributed by atoms with Gasteiger partial charge in [0.25, 0.3) is 0 Å². The van der Waals surface area contributed by atoms with Crippen LogP contribution in [0.3, 0.4) is 0 Å². The van der Waals surface area contributed by atoms with Gasteiger partial charge in [-0.3, -0.25) is 4.79 Å². The molecule has 136 valence electrons. The maximum atomic E-state index is 13.4. The van der Waals surface area contributed by atoms with Crippen molar-refractivity contribution in [1.29, 1.82) is 0 Å². The van der Waals surface area contributed by atoms with Crippen molar-refractivity contribution in [2.45, 2.75) is 75.3 Å². The number of carbonyl (C=O) groups excluding carboxylic acids is 1. The molecule has 3 heteroatoms. The largest absolute Gasteiger partial charge is 0.455 e. The van der Waals surface area contributed by atoms with Crippen LogP contribution in [0.2, 0.25) is 0 Å². The summed E-state index contributed by atoms with van der Waals surface area (Å²) in [6, 6.07) is 10.9. The average molecular weight is 343 g/mol. The molecule has 3 aliphatic rings. The molecule has 2 aliphatic heterocycles. The van der Waals surface area contributed by atoms with Gasteiger partial charge in [0.05, 0.1) is 25.6 Å². The van der Waals surface area contributed by atoms with E-state index in [0.717, 1.165) is 42.2 Å². The molecule has 0 aromatic heterocycles. The van der Waals surface area contributed by atoms with Crippen LogP contribution in [-0.2, 0) is 14.9 Å². The molecule has 3 nitrogen and oxygen atoms in total. The molecule has 3 fully saturated rings. The number of fused-ring (bicyclic) bond motifs is 1. The summed E-state index contributed by atoms with van der Waals surface area (Å²) in [5.41, 5.74) is 0.769. The van der Waals surface area contributed by atoms with Crippen LogP contribution in [0, 0.1) is 0 Å². The lowest BCUT2D eigenvalue weighted by atomic mass is 9.78. The molecule has 1 aromatic carbocycles. The fourth-order valence-electron chi connectivity index (χ4n) is 5.75. The number of quaternary nitrogens is 1. The maximum absolute atomic E-state index is 13.4. The Hall–Kier alpha value is -1.35. The Morgan fingerprint density at radius 2 is 1.72 bits per heavy atom. The number of nitrogens with zero attached hydrogens (tertiary/aromatic N) is 1. The van der Waals surface area contributed by atoms with Gasteiger partial charge in [-0.25, -0.2) is 0 Å². The zero-order valence-corrected chi connectivity index (χ0v) is 15.6. The third-order valence-corrected chi connectivity index (χ3v) is 7.24. The van der Waals surface area contributed by atoms with Crippen LogP contribution >= 0.6 is 0 Å². The summed E-state index contributed by atoms with van der Waals surface area (Å²) < 4.78 is 7.43. The number of likely N-dealkylation sites (N-methyl/N-ethyl adjacent to an activating group) is 1. The lowest BCUT2D eigenvalue weighted by Crippen LogP contribution is -2.63. The van der Waals surface area contributed by atoms with Gasteiger partial charge in [0.1, 0.15) is 6.04 Å². The monoisotopic (exact) mass is 342 g/mol. The van der Waals surface area contributed by atoms with Crippen LogP contribution in [-0.4, -0.2) is 42.7 Å². The van der Waals surface area contributed by atoms with Gasteiger partial charge in [0.15, 0.2) is 6.10 Å². The quantitative estimate of drug-likeness (QED) is 0.608. The van der Waals surface area contributed by atoms with Crippen LogP contribution in [0.25, 0.3) is 0 Å². The summed E-state index contributed by atoms with van der Waals surface area (Å²) in [7, 11) is 2.38. The number of benzene rings is 1. The smallest absolute Gasteiger partial charge is 0.317 e. The van der Waals surface area contributed by atoms with E-state index in [1.165, 1.54) is 38.8 Å². The summed E-state index contributed by atoms with van der Waals surface area (Å²) in [4.78, 5) is 13.4. The van der Waals surface area contributed by atoms with Crippen LogP contribution in [0.1, 0.15) is 63.4 Å². The number of ether oxygens (including phenoxy) is 1. The number of piperidine rings is 2. The van der Waals surface area contributed by atoms with E-state index in [1.807, 2.05) is 6.07 Å². The van der Waals surface area contributed by atoms with E-state index >= 15 is 0 Å². The SMILES string of the molecule is C[N@+]12CCCC[C@@H]1[C@H](OC(=O)C1(c3ccccc3)CCCC1)CCC2. The molecule has 0 radical (unpaired) electrons. The van der Waals surface area contributed by atoms with E-state index in [4.69, 9.17) is 4.74 Å². The molecule has 0 unspecified atom stereocenters. The van der Waals surface area contributed by atoms with Crippen molar-refractivity contribution in [1.82, 2.24) is 0 Å². The highest BCUT2D eigenvalue weighted by molar-refractivity contribution is 5.83. The van der Waals surface area contributed by atoms with Crippen molar-refractivity contribution in [3.63, 3.8) is 0 Å². The van der Waals surface area contributed by atoms with Crippen molar-refractivity contribution in [3.05, 3.63) is 35.9 Å². The molecule has 2 heterocycles. The highest BCUT2D eigenvalue weighted by Crippen LogP contribution is 2.43. The van der Waals surface area contributed by atoms with Crippen LogP contribution in [0.4, 0.5) is 0 Å². The van der Waals surface area contributed by atoms with Crippen molar-refractivity contribution < 1.29 is 14.0 Å². The molecule has 1 saturated carbocycles. The van der Waals surface area contributed by atoms with Gasteiger partial charge < -0.3 is 9.22 Å². The molecular formula is C22H32NO2+. The molecule has 0 spiro atoms. The summed E-state index contributed by atoms with van der Waals surface area (Å²) in [6.07, 6.45) is 10.3. The van der Waals surface area contributed by atoms with Gasteiger partial charge in [0.2, 0.25) is 0 Å². The Labute approximate surface area is 151 Å². The zero-order valence-electron chi connectivity index (χ0n) is 15.6. The van der Waals surface area contributed by atoms with Gasteiger partial charge in [-0.05, 0) is 37.7 Å². The number of carbonyl (C=O) groups is 1. The maximum Gasteiger partial charge on any atom is 0.317 e. The van der Waals surface area contributed by atoms with Gasteiger partial charge >= 0.3 is 5.97 Å². The summed E-state index contributed by atoms with van der Waals surface area (Å²) in [5, 5.41) is 0. The Morgan fingerprint density at radius 3 is 2.48 bits per heavy atom. The highest BCUT2D eigenvalue weighted by atomic mass is 16.5. The normalized spacial score (nSPS) is 34.3. The first kappa shape index (κ1) is 17.1. The Balaban J connectivity index is 1.56. The van der Waals surface area contributed by atoms with E-state index < -0.39 is 5.41 Å². The van der Waals surface area contributed by atoms with Crippen molar-refractivity contribution in [2.75, 3.05) is 20.1 Å². The number of hydrogen-bond donors (Lipinski definition) is 0. The molecule has 1 aromatic rings. The van der Waals surface area contributed by atoms with Gasteiger partial charge in [-0.15, -0.1) is 0 Å².